The lowest BCUT2D eigenvalue weighted by Crippen LogP contribution is -2.07. The Bertz CT molecular complexity index is 121. The van der Waals surface area contributed by atoms with Gasteiger partial charge in [0.1, 0.15) is 0 Å². The van der Waals surface area contributed by atoms with E-state index >= 15 is 0 Å². The summed E-state index contributed by atoms with van der Waals surface area (Å²) in [7, 11) is 0. The van der Waals surface area contributed by atoms with E-state index in [9.17, 15) is 0 Å². The second-order valence-corrected chi connectivity index (χ2v) is 3.48. The van der Waals surface area contributed by atoms with Crippen LogP contribution in [0.15, 0.2) is 12.2 Å². The normalized spacial score (nSPS) is 25.9. The van der Waals surface area contributed by atoms with Crippen molar-refractivity contribution < 1.29 is 4.74 Å². The highest BCUT2D eigenvalue weighted by Crippen LogP contribution is 2.14. The molecule has 12 heavy (non-hydrogen) atoms. The zero-order valence-electron chi connectivity index (χ0n) is 8.09. The van der Waals surface area contributed by atoms with E-state index in [1.165, 1.54) is 38.5 Å². The Morgan fingerprint density at radius 2 is 2.25 bits per heavy atom. The van der Waals surface area contributed by atoms with Crippen LogP contribution in [0.1, 0.15) is 45.4 Å². The van der Waals surface area contributed by atoms with Gasteiger partial charge in [-0.3, -0.25) is 0 Å². The SMILES string of the molecule is CCCC=CC1CCCCCO1. The third kappa shape index (κ3) is 3.91. The van der Waals surface area contributed by atoms with E-state index in [0.717, 1.165) is 6.61 Å². The zero-order valence-corrected chi connectivity index (χ0v) is 8.09. The first-order chi connectivity index (χ1) is 5.93. The van der Waals surface area contributed by atoms with E-state index in [1.54, 1.807) is 0 Å². The maximum atomic E-state index is 5.66. The first-order valence-electron chi connectivity index (χ1n) is 5.21. The molecule has 0 spiro atoms. The Balaban J connectivity index is 2.19. The van der Waals surface area contributed by atoms with Gasteiger partial charge < -0.3 is 4.74 Å². The first kappa shape index (κ1) is 9.79. The summed E-state index contributed by atoms with van der Waals surface area (Å²) < 4.78 is 5.66. The molecule has 70 valence electrons. The molecule has 1 unspecified atom stereocenters. The number of allylic oxidation sites excluding steroid dienone is 1. The highest BCUT2D eigenvalue weighted by atomic mass is 16.5. The smallest absolute Gasteiger partial charge is 0.0755 e. The van der Waals surface area contributed by atoms with E-state index < -0.39 is 0 Å². The molecule has 0 aromatic carbocycles. The molecule has 1 rings (SSSR count). The van der Waals surface area contributed by atoms with Crippen LogP contribution in [0.3, 0.4) is 0 Å². The van der Waals surface area contributed by atoms with Gasteiger partial charge in [-0.1, -0.05) is 38.3 Å². The largest absolute Gasteiger partial charge is 0.374 e. The maximum Gasteiger partial charge on any atom is 0.0755 e. The molecule has 0 radical (unpaired) electrons. The Kier molecular flexibility index (Phi) is 5.09. The molecule has 1 aliphatic rings. The van der Waals surface area contributed by atoms with Crippen molar-refractivity contribution in [2.24, 2.45) is 0 Å². The molecule has 0 amide bonds. The molecule has 1 heterocycles. The van der Waals surface area contributed by atoms with Gasteiger partial charge in [-0.15, -0.1) is 0 Å². The molecule has 0 aliphatic carbocycles. The third-order valence-corrected chi connectivity index (χ3v) is 2.27. The average Bonchev–Trinajstić information content (AvgIpc) is 2.33. The van der Waals surface area contributed by atoms with Crippen molar-refractivity contribution in [2.75, 3.05) is 6.61 Å². The molecule has 1 heteroatoms. The number of unbranched alkanes of at least 4 members (excludes halogenated alkanes) is 1. The second-order valence-electron chi connectivity index (χ2n) is 3.48. The van der Waals surface area contributed by atoms with Gasteiger partial charge in [-0.2, -0.15) is 0 Å². The molecule has 0 aromatic rings. The molecular weight excluding hydrogens is 148 g/mol. The molecule has 1 nitrogen and oxygen atoms in total. The topological polar surface area (TPSA) is 9.23 Å². The summed E-state index contributed by atoms with van der Waals surface area (Å²) in [5.41, 5.74) is 0. The fraction of sp³-hybridized carbons (Fsp3) is 0.818. The number of hydrogen-bond acceptors (Lipinski definition) is 1. The Morgan fingerprint density at radius 1 is 1.33 bits per heavy atom. The van der Waals surface area contributed by atoms with Crippen LogP contribution in [0.2, 0.25) is 0 Å². The van der Waals surface area contributed by atoms with Crippen molar-refractivity contribution in [3.63, 3.8) is 0 Å². The van der Waals surface area contributed by atoms with Crippen LogP contribution in [0.25, 0.3) is 0 Å². The lowest BCUT2D eigenvalue weighted by molar-refractivity contribution is 0.0914. The van der Waals surface area contributed by atoms with E-state index in [-0.39, 0.29) is 0 Å². The second kappa shape index (κ2) is 6.24. The summed E-state index contributed by atoms with van der Waals surface area (Å²) in [6.45, 7) is 3.17. The summed E-state index contributed by atoms with van der Waals surface area (Å²) in [4.78, 5) is 0. The standard InChI is InChI=1S/C11H20O/c1-2-3-5-8-11-9-6-4-7-10-12-11/h5,8,11H,2-4,6-7,9-10H2,1H3. The minimum absolute atomic E-state index is 0.416. The van der Waals surface area contributed by atoms with Gasteiger partial charge in [0, 0.05) is 6.61 Å². The lowest BCUT2D eigenvalue weighted by Gasteiger charge is -2.08. The van der Waals surface area contributed by atoms with Crippen molar-refractivity contribution in [1.82, 2.24) is 0 Å². The predicted molar refractivity (Wildman–Crippen MR) is 52.3 cm³/mol. The van der Waals surface area contributed by atoms with Crippen molar-refractivity contribution in [3.05, 3.63) is 12.2 Å². The van der Waals surface area contributed by atoms with Crippen molar-refractivity contribution in [2.45, 2.75) is 51.6 Å². The van der Waals surface area contributed by atoms with Gasteiger partial charge in [0.05, 0.1) is 6.10 Å². The van der Waals surface area contributed by atoms with Crippen LogP contribution < -0.4 is 0 Å². The van der Waals surface area contributed by atoms with Gasteiger partial charge in [0.25, 0.3) is 0 Å². The highest BCUT2D eigenvalue weighted by molar-refractivity contribution is 4.89. The van der Waals surface area contributed by atoms with Gasteiger partial charge in [0.2, 0.25) is 0 Å². The van der Waals surface area contributed by atoms with E-state index in [0.29, 0.717) is 6.10 Å². The average molecular weight is 168 g/mol. The monoisotopic (exact) mass is 168 g/mol. The van der Waals surface area contributed by atoms with Gasteiger partial charge in [0.15, 0.2) is 0 Å². The molecule has 0 aromatic heterocycles. The van der Waals surface area contributed by atoms with Crippen LogP contribution in [0, 0.1) is 0 Å². The van der Waals surface area contributed by atoms with Crippen LogP contribution in [0.5, 0.6) is 0 Å². The molecule has 0 bridgehead atoms. The summed E-state index contributed by atoms with van der Waals surface area (Å²) in [6.07, 6.45) is 12.5. The van der Waals surface area contributed by atoms with E-state index in [4.69, 9.17) is 4.74 Å². The van der Waals surface area contributed by atoms with Crippen LogP contribution in [0.4, 0.5) is 0 Å². The number of rotatable bonds is 3. The van der Waals surface area contributed by atoms with Gasteiger partial charge in [-0.25, -0.2) is 0 Å². The van der Waals surface area contributed by atoms with E-state index in [1.807, 2.05) is 0 Å². The summed E-state index contributed by atoms with van der Waals surface area (Å²) >= 11 is 0. The molecule has 1 aliphatic heterocycles. The van der Waals surface area contributed by atoms with Crippen LogP contribution in [-0.4, -0.2) is 12.7 Å². The molecule has 0 N–H and O–H groups in total. The Labute approximate surface area is 75.8 Å². The molecule has 0 saturated carbocycles. The number of ether oxygens (including phenoxy) is 1. The zero-order chi connectivity index (χ0) is 8.65. The molecular formula is C11H20O. The van der Waals surface area contributed by atoms with Gasteiger partial charge in [-0.05, 0) is 19.3 Å². The Morgan fingerprint density at radius 3 is 3.08 bits per heavy atom. The summed E-state index contributed by atoms with van der Waals surface area (Å²) in [5.74, 6) is 0. The highest BCUT2D eigenvalue weighted by Gasteiger charge is 2.07. The van der Waals surface area contributed by atoms with Crippen LogP contribution in [-0.2, 0) is 4.74 Å². The Hall–Kier alpha value is -0.300. The third-order valence-electron chi connectivity index (χ3n) is 2.27. The van der Waals surface area contributed by atoms with Crippen molar-refractivity contribution in [3.8, 4) is 0 Å². The fourth-order valence-corrected chi connectivity index (χ4v) is 1.51. The van der Waals surface area contributed by atoms with Crippen molar-refractivity contribution >= 4 is 0 Å². The first-order valence-corrected chi connectivity index (χ1v) is 5.21. The van der Waals surface area contributed by atoms with E-state index in [2.05, 4.69) is 19.1 Å². The molecule has 1 atom stereocenters. The predicted octanol–water partition coefficient (Wildman–Crippen LogP) is 3.30. The van der Waals surface area contributed by atoms with Crippen molar-refractivity contribution in [1.29, 1.82) is 0 Å². The van der Waals surface area contributed by atoms with Crippen LogP contribution >= 0.6 is 0 Å². The van der Waals surface area contributed by atoms with Gasteiger partial charge >= 0.3 is 0 Å². The summed E-state index contributed by atoms with van der Waals surface area (Å²) in [5, 5.41) is 0. The molecule has 1 saturated heterocycles. The lowest BCUT2D eigenvalue weighted by atomic mass is 10.1. The molecule has 1 fully saturated rings. The summed E-state index contributed by atoms with van der Waals surface area (Å²) in [6, 6.07) is 0. The minimum Gasteiger partial charge on any atom is -0.374 e. The quantitative estimate of drug-likeness (QED) is 0.587. The number of hydrogen-bond donors (Lipinski definition) is 0. The fourth-order valence-electron chi connectivity index (χ4n) is 1.51. The maximum absolute atomic E-state index is 5.66. The minimum atomic E-state index is 0.416.